The van der Waals surface area contributed by atoms with Crippen molar-refractivity contribution in [2.45, 2.75) is 57.5 Å². The predicted molar refractivity (Wildman–Crippen MR) is 105 cm³/mol. The van der Waals surface area contributed by atoms with Crippen molar-refractivity contribution in [2.75, 3.05) is 4.90 Å². The molecule has 0 saturated carbocycles. The zero-order valence-corrected chi connectivity index (χ0v) is 17.9. The number of nitrogens with zero attached hydrogens (tertiary/aromatic N) is 2. The van der Waals surface area contributed by atoms with E-state index in [1.807, 2.05) is 0 Å². The monoisotopic (exact) mass is 449 g/mol. The van der Waals surface area contributed by atoms with Gasteiger partial charge in [0.25, 0.3) is 0 Å². The number of ether oxygens (including phenoxy) is 1. The highest BCUT2D eigenvalue weighted by Gasteiger charge is 2.76. The minimum absolute atomic E-state index is 0.219. The summed E-state index contributed by atoms with van der Waals surface area (Å²) in [5.41, 5.74) is -4.27. The lowest BCUT2D eigenvalue weighted by Crippen LogP contribution is -2.57. The summed E-state index contributed by atoms with van der Waals surface area (Å²) in [4.78, 5) is 39.7. The molecule has 0 aliphatic carbocycles. The van der Waals surface area contributed by atoms with Crippen LogP contribution in [0.25, 0.3) is 0 Å². The fourth-order valence-corrected chi connectivity index (χ4v) is 5.35. The third kappa shape index (κ3) is 2.94. The first-order valence-corrected chi connectivity index (χ1v) is 10.2. The van der Waals surface area contributed by atoms with Crippen molar-refractivity contribution in [3.63, 3.8) is 0 Å². The molecule has 3 amide bonds. The van der Waals surface area contributed by atoms with E-state index in [-0.39, 0.29) is 17.5 Å². The van der Waals surface area contributed by atoms with E-state index in [1.165, 1.54) is 6.07 Å². The van der Waals surface area contributed by atoms with Crippen LogP contribution in [0.3, 0.4) is 0 Å². The number of rotatable bonds is 3. The number of hydrogen-bond acceptors (Lipinski definition) is 5. The molecule has 170 valence electrons. The van der Waals surface area contributed by atoms with Gasteiger partial charge in [-0.2, -0.15) is 18.4 Å². The quantitative estimate of drug-likeness (QED) is 0.716. The number of halogens is 3. The topological polar surface area (TPSA) is 99.5 Å². The maximum atomic E-state index is 13.4. The Balaban J connectivity index is 1.73. The predicted octanol–water partition coefficient (Wildman–Crippen LogP) is 2.77. The lowest BCUT2D eigenvalue weighted by atomic mass is 9.66. The summed E-state index contributed by atoms with van der Waals surface area (Å²) < 4.78 is 46.4. The van der Waals surface area contributed by atoms with Gasteiger partial charge in [0, 0.05) is 5.92 Å². The number of anilines is 1. The summed E-state index contributed by atoms with van der Waals surface area (Å²) in [5, 5.41) is 11.9. The van der Waals surface area contributed by atoms with Gasteiger partial charge in [-0.15, -0.1) is 0 Å². The minimum atomic E-state index is -4.82. The van der Waals surface area contributed by atoms with E-state index >= 15 is 0 Å². The Kier molecular flexibility index (Phi) is 4.72. The third-order valence-electron chi connectivity index (χ3n) is 6.86. The number of hydrogen-bond donors (Lipinski definition) is 1. The molecule has 2 bridgehead atoms. The van der Waals surface area contributed by atoms with Gasteiger partial charge in [0.1, 0.15) is 0 Å². The normalized spacial score (nSPS) is 33.6. The largest absolute Gasteiger partial charge is 0.417 e. The standard InChI is InChI=1S/C22H22F3N3O4/c1-10(2)17(29)27-14-8-20(3)15-16(21(14,4)32-20)19(31)28(18(15)30)12-6-5-11(9-26)13(7-12)22(23,24)25/h5-7,10,14-16H,8H2,1-4H3,(H,27,29)/t14-,15-,16+,20-,21+/m1/s1. The minimum Gasteiger partial charge on any atom is -0.365 e. The van der Waals surface area contributed by atoms with Crippen molar-refractivity contribution >= 4 is 23.4 Å². The Morgan fingerprint density at radius 1 is 1.25 bits per heavy atom. The average Bonchev–Trinajstić information content (AvgIpc) is 3.21. The molecular formula is C22H22F3N3O4. The van der Waals surface area contributed by atoms with Gasteiger partial charge in [-0.25, -0.2) is 4.90 Å². The van der Waals surface area contributed by atoms with Gasteiger partial charge in [-0.3, -0.25) is 14.4 Å². The highest BCUT2D eigenvalue weighted by atomic mass is 19.4. The van der Waals surface area contributed by atoms with Crippen LogP contribution < -0.4 is 10.2 Å². The summed E-state index contributed by atoms with van der Waals surface area (Å²) in [6.45, 7) is 6.80. The van der Waals surface area contributed by atoms with Crippen LogP contribution in [-0.2, 0) is 25.3 Å². The molecule has 3 aliphatic rings. The number of nitriles is 1. The molecule has 3 heterocycles. The van der Waals surface area contributed by atoms with Crippen LogP contribution in [0.1, 0.15) is 45.2 Å². The molecule has 3 aliphatic heterocycles. The molecule has 3 saturated heterocycles. The SMILES string of the molecule is CC(C)C(=O)N[C@@H]1C[C@@]2(C)O[C@]1(C)[C@@H]1C(=O)N(c3ccc(C#N)c(C(F)(F)F)c3)C(=O)[C@@H]12. The van der Waals surface area contributed by atoms with Crippen LogP contribution in [0.4, 0.5) is 18.9 Å². The van der Waals surface area contributed by atoms with Crippen LogP contribution in [-0.4, -0.2) is 35.0 Å². The fourth-order valence-electron chi connectivity index (χ4n) is 5.35. The number of nitrogens with one attached hydrogen (secondary N) is 1. The fraction of sp³-hybridized carbons (Fsp3) is 0.545. The Hall–Kier alpha value is -2.93. The first kappa shape index (κ1) is 22.3. The summed E-state index contributed by atoms with van der Waals surface area (Å²) in [7, 11) is 0. The van der Waals surface area contributed by atoms with Gasteiger partial charge in [0.15, 0.2) is 0 Å². The lowest BCUT2D eigenvalue weighted by Gasteiger charge is -2.36. The van der Waals surface area contributed by atoms with Gasteiger partial charge >= 0.3 is 6.18 Å². The summed E-state index contributed by atoms with van der Waals surface area (Å²) in [6.07, 6.45) is -4.52. The molecule has 0 radical (unpaired) electrons. The van der Waals surface area contributed by atoms with Crippen molar-refractivity contribution in [1.82, 2.24) is 5.32 Å². The van der Waals surface area contributed by atoms with Crippen LogP contribution in [0, 0.1) is 29.1 Å². The maximum Gasteiger partial charge on any atom is 0.417 e. The first-order chi connectivity index (χ1) is 14.7. The molecule has 0 spiro atoms. The van der Waals surface area contributed by atoms with Gasteiger partial charge in [-0.05, 0) is 38.5 Å². The van der Waals surface area contributed by atoms with E-state index in [1.54, 1.807) is 27.7 Å². The van der Waals surface area contributed by atoms with Crippen LogP contribution in [0.2, 0.25) is 0 Å². The summed E-state index contributed by atoms with van der Waals surface area (Å²) in [5.74, 6) is -3.65. The Bertz CT molecular complexity index is 1080. The van der Waals surface area contributed by atoms with Crippen molar-refractivity contribution in [3.05, 3.63) is 29.3 Å². The average molecular weight is 449 g/mol. The Labute approximate surface area is 182 Å². The highest BCUT2D eigenvalue weighted by Crippen LogP contribution is 2.61. The third-order valence-corrected chi connectivity index (χ3v) is 6.86. The van der Waals surface area contributed by atoms with Crippen molar-refractivity contribution in [2.24, 2.45) is 17.8 Å². The van der Waals surface area contributed by atoms with Crippen molar-refractivity contribution in [3.8, 4) is 6.07 Å². The van der Waals surface area contributed by atoms with Gasteiger partial charge in [0.2, 0.25) is 17.7 Å². The number of fused-ring (bicyclic) bond motifs is 5. The van der Waals surface area contributed by atoms with Gasteiger partial charge < -0.3 is 10.1 Å². The van der Waals surface area contributed by atoms with Gasteiger partial charge in [-0.1, -0.05) is 13.8 Å². The number of benzene rings is 1. The van der Waals surface area contributed by atoms with Gasteiger partial charge in [0.05, 0.1) is 52.0 Å². The molecule has 10 heteroatoms. The van der Waals surface area contributed by atoms with E-state index in [0.717, 1.165) is 17.0 Å². The maximum absolute atomic E-state index is 13.4. The number of amides is 3. The molecular weight excluding hydrogens is 427 g/mol. The van der Waals surface area contributed by atoms with E-state index in [2.05, 4.69) is 5.32 Å². The first-order valence-electron chi connectivity index (χ1n) is 10.2. The molecule has 4 rings (SSSR count). The molecule has 32 heavy (non-hydrogen) atoms. The second kappa shape index (κ2) is 6.78. The highest BCUT2D eigenvalue weighted by molar-refractivity contribution is 6.23. The Morgan fingerprint density at radius 3 is 2.44 bits per heavy atom. The smallest absolute Gasteiger partial charge is 0.365 e. The summed E-state index contributed by atoms with van der Waals surface area (Å²) >= 11 is 0. The van der Waals surface area contributed by atoms with E-state index in [0.29, 0.717) is 12.5 Å². The number of carbonyl (C=O) groups is 3. The molecule has 7 nitrogen and oxygen atoms in total. The lowest BCUT2D eigenvalue weighted by molar-refractivity contribution is -0.138. The number of imide groups is 1. The van der Waals surface area contributed by atoms with E-state index < -0.39 is 58.2 Å². The Morgan fingerprint density at radius 2 is 1.88 bits per heavy atom. The van der Waals surface area contributed by atoms with E-state index in [4.69, 9.17) is 10.00 Å². The molecule has 3 fully saturated rings. The van der Waals surface area contributed by atoms with Crippen LogP contribution >= 0.6 is 0 Å². The number of carbonyl (C=O) groups excluding carboxylic acids is 3. The zero-order valence-electron chi connectivity index (χ0n) is 17.9. The van der Waals surface area contributed by atoms with E-state index in [9.17, 15) is 27.6 Å². The molecule has 1 aromatic carbocycles. The molecule has 5 atom stereocenters. The summed E-state index contributed by atoms with van der Waals surface area (Å²) in [6, 6.07) is 3.73. The second-order valence-corrected chi connectivity index (χ2v) is 9.33. The molecule has 0 aromatic heterocycles. The van der Waals surface area contributed by atoms with Crippen molar-refractivity contribution < 1.29 is 32.3 Å². The number of alkyl halides is 3. The molecule has 1 aromatic rings. The second-order valence-electron chi connectivity index (χ2n) is 9.33. The molecule has 0 unspecified atom stereocenters. The van der Waals surface area contributed by atoms with Crippen molar-refractivity contribution in [1.29, 1.82) is 5.26 Å². The van der Waals surface area contributed by atoms with Crippen LogP contribution in [0.15, 0.2) is 18.2 Å². The molecule has 1 N–H and O–H groups in total. The van der Waals surface area contributed by atoms with Crippen LogP contribution in [0.5, 0.6) is 0 Å². The zero-order chi connectivity index (χ0) is 23.8.